The van der Waals surface area contributed by atoms with Crippen LogP contribution >= 0.6 is 0 Å². The number of hydrogen-bond donors (Lipinski definition) is 1. The van der Waals surface area contributed by atoms with Crippen LogP contribution in [0.4, 0.5) is 0 Å². The fraction of sp³-hybridized carbons (Fsp3) is 0.261. The lowest BCUT2D eigenvalue weighted by molar-refractivity contribution is 0.236. The van der Waals surface area contributed by atoms with Crippen molar-refractivity contribution in [1.82, 2.24) is 24.5 Å². The zero-order valence-electron chi connectivity index (χ0n) is 16.6. The summed E-state index contributed by atoms with van der Waals surface area (Å²) in [4.78, 5) is 31.3. The smallest absolute Gasteiger partial charge is 0.261 e. The molecule has 4 aromatic heterocycles. The number of aliphatic hydroxyl groups is 1. The highest BCUT2D eigenvalue weighted by molar-refractivity contribution is 5.93. The van der Waals surface area contributed by atoms with Crippen molar-refractivity contribution in [1.29, 1.82) is 0 Å². The average Bonchev–Trinajstić information content (AvgIpc) is 3.65. The van der Waals surface area contributed by atoms with Crippen molar-refractivity contribution >= 4 is 10.9 Å². The third-order valence-corrected chi connectivity index (χ3v) is 5.52. The first-order valence-corrected chi connectivity index (χ1v) is 10.0. The molecule has 0 aromatic carbocycles. The molecule has 1 unspecified atom stereocenters. The third kappa shape index (κ3) is 3.27. The van der Waals surface area contributed by atoms with Crippen molar-refractivity contribution in [3.05, 3.63) is 71.3 Å². The molecule has 0 saturated heterocycles. The van der Waals surface area contributed by atoms with Gasteiger partial charge in [-0.15, -0.1) is 0 Å². The van der Waals surface area contributed by atoms with Crippen LogP contribution < -0.4 is 5.56 Å². The Morgan fingerprint density at radius 1 is 1.17 bits per heavy atom. The van der Waals surface area contributed by atoms with E-state index in [9.17, 15) is 9.90 Å². The number of aliphatic hydroxyl groups excluding tert-OH is 1. The summed E-state index contributed by atoms with van der Waals surface area (Å²) in [7, 11) is 0. The lowest BCUT2D eigenvalue weighted by Gasteiger charge is -2.14. The van der Waals surface area contributed by atoms with Gasteiger partial charge in [0.25, 0.3) is 5.56 Å². The van der Waals surface area contributed by atoms with E-state index in [0.29, 0.717) is 28.2 Å². The van der Waals surface area contributed by atoms with Crippen molar-refractivity contribution in [2.75, 3.05) is 6.61 Å². The maximum Gasteiger partial charge on any atom is 0.261 e. The van der Waals surface area contributed by atoms with E-state index in [1.54, 1.807) is 25.4 Å². The van der Waals surface area contributed by atoms with Gasteiger partial charge in [0.15, 0.2) is 0 Å². The predicted molar refractivity (Wildman–Crippen MR) is 114 cm³/mol. The molecule has 0 aliphatic heterocycles. The Labute approximate surface area is 173 Å². The van der Waals surface area contributed by atoms with Gasteiger partial charge in [-0.05, 0) is 50.1 Å². The topological polar surface area (TPSA) is 93.8 Å². The fourth-order valence-corrected chi connectivity index (χ4v) is 3.57. The van der Waals surface area contributed by atoms with Gasteiger partial charge in [0.2, 0.25) is 0 Å². The van der Waals surface area contributed by atoms with Crippen molar-refractivity contribution < 1.29 is 5.11 Å². The minimum absolute atomic E-state index is 0.146. The Bertz CT molecular complexity index is 1260. The van der Waals surface area contributed by atoms with Crippen molar-refractivity contribution in [2.45, 2.75) is 31.7 Å². The van der Waals surface area contributed by atoms with Gasteiger partial charge < -0.3 is 5.11 Å². The van der Waals surface area contributed by atoms with Crippen molar-refractivity contribution in [2.24, 2.45) is 0 Å². The molecule has 1 aliphatic carbocycles. The number of nitrogens with zero attached hydrogens (tertiary/aromatic N) is 5. The first-order valence-electron chi connectivity index (χ1n) is 10.0. The maximum atomic E-state index is 13.2. The summed E-state index contributed by atoms with van der Waals surface area (Å²) in [5.74, 6) is 0.575. The highest BCUT2D eigenvalue weighted by Gasteiger charge is 2.24. The van der Waals surface area contributed by atoms with Crippen LogP contribution in [0.3, 0.4) is 0 Å². The molecule has 1 fully saturated rings. The SMILES string of the molecule is CC(CO)n1cnc2c(-c3cccnc3)nc(-c3ccc(C4CC4)nc3)cc2c1=O. The normalized spacial score (nSPS) is 14.7. The quantitative estimate of drug-likeness (QED) is 0.553. The third-order valence-electron chi connectivity index (χ3n) is 5.52. The van der Waals surface area contributed by atoms with Crippen LogP contribution in [0.2, 0.25) is 0 Å². The highest BCUT2D eigenvalue weighted by Crippen LogP contribution is 2.39. The number of hydrogen-bond acceptors (Lipinski definition) is 6. The molecule has 30 heavy (non-hydrogen) atoms. The molecule has 1 saturated carbocycles. The number of pyridine rings is 3. The predicted octanol–water partition coefficient (Wildman–Crippen LogP) is 3.35. The molecule has 1 aliphatic rings. The van der Waals surface area contributed by atoms with E-state index >= 15 is 0 Å². The molecule has 0 amide bonds. The van der Waals surface area contributed by atoms with E-state index in [1.807, 2.05) is 30.5 Å². The second kappa shape index (κ2) is 7.42. The fourth-order valence-electron chi connectivity index (χ4n) is 3.57. The minimum atomic E-state index is -0.368. The molecule has 1 N–H and O–H groups in total. The van der Waals surface area contributed by atoms with Gasteiger partial charge in [-0.2, -0.15) is 0 Å². The Kier molecular flexibility index (Phi) is 4.59. The molecule has 7 nitrogen and oxygen atoms in total. The molecule has 0 radical (unpaired) electrons. The van der Waals surface area contributed by atoms with E-state index in [1.165, 1.54) is 23.7 Å². The first kappa shape index (κ1) is 18.6. The van der Waals surface area contributed by atoms with Crippen LogP contribution in [0.15, 0.2) is 60.0 Å². The van der Waals surface area contributed by atoms with Crippen LogP contribution in [0.25, 0.3) is 33.4 Å². The first-order chi connectivity index (χ1) is 14.7. The zero-order chi connectivity index (χ0) is 20.7. The van der Waals surface area contributed by atoms with Crippen LogP contribution in [0.1, 0.15) is 37.4 Å². The summed E-state index contributed by atoms with van der Waals surface area (Å²) >= 11 is 0. The van der Waals surface area contributed by atoms with E-state index < -0.39 is 0 Å². The molecule has 1 atom stereocenters. The highest BCUT2D eigenvalue weighted by atomic mass is 16.3. The van der Waals surface area contributed by atoms with E-state index in [4.69, 9.17) is 4.98 Å². The lowest BCUT2D eigenvalue weighted by Crippen LogP contribution is -2.25. The van der Waals surface area contributed by atoms with Gasteiger partial charge in [-0.3, -0.25) is 19.3 Å². The van der Waals surface area contributed by atoms with Gasteiger partial charge in [0.05, 0.1) is 35.8 Å². The number of aromatic nitrogens is 5. The van der Waals surface area contributed by atoms with E-state index in [0.717, 1.165) is 16.8 Å². The molecule has 0 bridgehead atoms. The summed E-state index contributed by atoms with van der Waals surface area (Å²) in [6.45, 7) is 1.63. The summed E-state index contributed by atoms with van der Waals surface area (Å²) in [5, 5.41) is 9.96. The van der Waals surface area contributed by atoms with Gasteiger partial charge in [0, 0.05) is 41.3 Å². The molecule has 4 aromatic rings. The lowest BCUT2D eigenvalue weighted by atomic mass is 10.1. The summed E-state index contributed by atoms with van der Waals surface area (Å²) < 4.78 is 1.45. The Balaban J connectivity index is 1.74. The second-order valence-electron chi connectivity index (χ2n) is 7.73. The van der Waals surface area contributed by atoms with Gasteiger partial charge in [0.1, 0.15) is 5.52 Å². The minimum Gasteiger partial charge on any atom is -0.394 e. The molecule has 150 valence electrons. The maximum absolute atomic E-state index is 13.2. The Morgan fingerprint density at radius 2 is 2.03 bits per heavy atom. The van der Waals surface area contributed by atoms with Gasteiger partial charge >= 0.3 is 0 Å². The molecule has 0 spiro atoms. The standard InChI is InChI=1S/C23H21N5O2/c1-14(12-29)28-13-26-22-18(23(28)30)9-20(27-21(22)17-3-2-8-24-10-17)16-6-7-19(25-11-16)15-4-5-15/h2-3,6-11,13-15,29H,4-5,12H2,1H3. The average molecular weight is 399 g/mol. The van der Waals surface area contributed by atoms with E-state index in [2.05, 4.69) is 15.0 Å². The van der Waals surface area contributed by atoms with E-state index in [-0.39, 0.29) is 18.2 Å². The van der Waals surface area contributed by atoms with Crippen LogP contribution in [0, 0.1) is 0 Å². The Hall–Kier alpha value is -3.45. The molecule has 5 rings (SSSR count). The summed E-state index contributed by atoms with van der Waals surface area (Å²) in [6, 6.07) is 9.17. The molecule has 4 heterocycles. The van der Waals surface area contributed by atoms with Crippen molar-refractivity contribution in [3.63, 3.8) is 0 Å². The van der Waals surface area contributed by atoms with Crippen LogP contribution in [-0.2, 0) is 0 Å². The summed E-state index contributed by atoms with van der Waals surface area (Å²) in [5.41, 5.74) is 4.29. The number of fused-ring (bicyclic) bond motifs is 1. The Morgan fingerprint density at radius 3 is 2.70 bits per heavy atom. The largest absolute Gasteiger partial charge is 0.394 e. The monoisotopic (exact) mass is 399 g/mol. The molecule has 7 heteroatoms. The number of rotatable bonds is 5. The van der Waals surface area contributed by atoms with Crippen LogP contribution in [0.5, 0.6) is 0 Å². The molecular weight excluding hydrogens is 378 g/mol. The van der Waals surface area contributed by atoms with Crippen LogP contribution in [-0.4, -0.2) is 36.2 Å². The van der Waals surface area contributed by atoms with Crippen molar-refractivity contribution in [3.8, 4) is 22.5 Å². The molecular formula is C23H21N5O2. The van der Waals surface area contributed by atoms with Gasteiger partial charge in [-0.25, -0.2) is 9.97 Å². The zero-order valence-corrected chi connectivity index (χ0v) is 16.6. The summed E-state index contributed by atoms with van der Waals surface area (Å²) in [6.07, 6.45) is 9.09. The van der Waals surface area contributed by atoms with Gasteiger partial charge in [-0.1, -0.05) is 0 Å². The second-order valence-corrected chi connectivity index (χ2v) is 7.73.